The highest BCUT2D eigenvalue weighted by atomic mass is 32.1. The van der Waals surface area contributed by atoms with Gasteiger partial charge in [0.1, 0.15) is 11.2 Å². The molecule has 3 nitrogen and oxygen atoms in total. The van der Waals surface area contributed by atoms with E-state index in [9.17, 15) is 0 Å². The maximum Gasteiger partial charge on any atom is 0.333 e. The van der Waals surface area contributed by atoms with Crippen LogP contribution in [0.4, 0.5) is 28.4 Å². The van der Waals surface area contributed by atoms with E-state index in [1.807, 2.05) is 11.3 Å². The molecule has 0 saturated heterocycles. The van der Waals surface area contributed by atoms with E-state index >= 15 is 0 Å². The van der Waals surface area contributed by atoms with Crippen LogP contribution < -0.4 is 20.6 Å². The maximum atomic E-state index is 7.06. The first-order chi connectivity index (χ1) is 31.4. The summed E-state index contributed by atoms with van der Waals surface area (Å²) in [5.74, 6) is 0. The lowest BCUT2D eigenvalue weighted by Gasteiger charge is -2.51. The van der Waals surface area contributed by atoms with Gasteiger partial charge in [-0.05, 0) is 109 Å². The largest absolute Gasteiger partial charge is 0.455 e. The van der Waals surface area contributed by atoms with E-state index in [1.54, 1.807) is 0 Å². The summed E-state index contributed by atoms with van der Waals surface area (Å²) < 4.78 is 9.67. The second-order valence-electron chi connectivity index (χ2n) is 19.1. The van der Waals surface area contributed by atoms with E-state index < -0.39 is 5.41 Å². The topological polar surface area (TPSA) is 19.6 Å². The predicted octanol–water partition coefficient (Wildman–Crippen LogP) is 14.6. The summed E-state index contributed by atoms with van der Waals surface area (Å²) in [6.45, 7) is 6.76. The molecule has 64 heavy (non-hydrogen) atoms. The van der Waals surface area contributed by atoms with Crippen molar-refractivity contribution < 1.29 is 4.42 Å². The first-order valence-electron chi connectivity index (χ1n) is 22.5. The lowest BCUT2D eigenvalue weighted by molar-refractivity contribution is 0.590. The minimum Gasteiger partial charge on any atom is -0.455 e. The summed E-state index contributed by atoms with van der Waals surface area (Å²) >= 11 is 1.93. The molecule has 1 spiro atoms. The van der Waals surface area contributed by atoms with Gasteiger partial charge in [-0.2, -0.15) is 0 Å². The van der Waals surface area contributed by atoms with Crippen LogP contribution in [-0.2, 0) is 10.8 Å². The molecule has 300 valence electrons. The molecule has 11 aromatic rings. The number of fused-ring (bicyclic) bond motifs is 21. The second-order valence-corrected chi connectivity index (χ2v) is 20.2. The Balaban J connectivity index is 1.15. The summed E-state index contributed by atoms with van der Waals surface area (Å²) in [5, 5.41) is 4.85. The van der Waals surface area contributed by atoms with Gasteiger partial charge in [0.2, 0.25) is 0 Å². The van der Waals surface area contributed by atoms with Crippen molar-refractivity contribution in [1.82, 2.24) is 0 Å². The van der Waals surface area contributed by atoms with Gasteiger partial charge in [-0.3, -0.25) is 0 Å². The number of rotatable bonds is 1. The van der Waals surface area contributed by atoms with Gasteiger partial charge in [0.05, 0.1) is 21.5 Å². The molecule has 0 atom stereocenters. The zero-order valence-electron chi connectivity index (χ0n) is 35.6. The number of furan rings is 1. The van der Waals surface area contributed by atoms with Crippen LogP contribution in [0.3, 0.4) is 0 Å². The van der Waals surface area contributed by atoms with Gasteiger partial charge in [-0.15, -0.1) is 11.3 Å². The molecule has 0 bridgehead atoms. The highest BCUT2D eigenvalue weighted by Crippen LogP contribution is 2.65. The number of thiophene rings is 1. The van der Waals surface area contributed by atoms with E-state index in [2.05, 4.69) is 212 Å². The average molecular weight is 835 g/mol. The Hall–Kier alpha value is -7.34. The van der Waals surface area contributed by atoms with Gasteiger partial charge < -0.3 is 14.1 Å². The maximum absolute atomic E-state index is 7.06. The molecule has 5 heterocycles. The van der Waals surface area contributed by atoms with Gasteiger partial charge in [0.25, 0.3) is 0 Å². The Morgan fingerprint density at radius 1 is 0.531 bits per heavy atom. The number of para-hydroxylation sites is 3. The molecular weight excluding hydrogens is 796 g/mol. The molecule has 5 heteroatoms. The van der Waals surface area contributed by atoms with Crippen molar-refractivity contribution in [3.8, 4) is 22.3 Å². The standard InChI is InChI=1S/C59H39BN2OS/c1-58(2,3)34-27-29-35(30-28-34)62-49-32-31-40-38-17-6-12-25-50(38)63-56(40)52(49)42-33-41-39-18-7-13-26-51(39)64-57(41)55-53(42)60(62)47-23-14-22-46-54(47)61(55)48-24-11-10-21-45(48)59(46)43-19-8-4-15-36(43)37-16-5-9-20-44(37)59/h4-33H,1-3H3. The molecule has 4 aliphatic rings. The third kappa shape index (κ3) is 4.15. The highest BCUT2D eigenvalue weighted by Gasteiger charge is 2.56. The summed E-state index contributed by atoms with van der Waals surface area (Å²) in [4.78, 5) is 5.34. The minimum atomic E-state index is -0.522. The van der Waals surface area contributed by atoms with Crippen molar-refractivity contribution in [2.45, 2.75) is 31.6 Å². The molecule has 0 fully saturated rings. The monoisotopic (exact) mass is 834 g/mol. The molecule has 2 aromatic heterocycles. The van der Waals surface area contributed by atoms with Crippen LogP contribution in [0.1, 0.15) is 48.6 Å². The van der Waals surface area contributed by atoms with Crippen LogP contribution in [0.2, 0.25) is 0 Å². The van der Waals surface area contributed by atoms with E-state index in [4.69, 9.17) is 4.42 Å². The third-order valence-electron chi connectivity index (χ3n) is 15.0. The van der Waals surface area contributed by atoms with Gasteiger partial charge >= 0.3 is 6.85 Å². The van der Waals surface area contributed by atoms with E-state index in [0.29, 0.717) is 0 Å². The van der Waals surface area contributed by atoms with Crippen LogP contribution >= 0.6 is 11.3 Å². The van der Waals surface area contributed by atoms with E-state index in [1.165, 1.54) is 92.7 Å². The summed E-state index contributed by atoms with van der Waals surface area (Å²) in [5.41, 5.74) is 21.7. The smallest absolute Gasteiger partial charge is 0.333 e. The minimum absolute atomic E-state index is 0.0186. The summed E-state index contributed by atoms with van der Waals surface area (Å²) in [6.07, 6.45) is 0. The van der Waals surface area contributed by atoms with E-state index in [-0.39, 0.29) is 12.3 Å². The van der Waals surface area contributed by atoms with Gasteiger partial charge in [0, 0.05) is 48.9 Å². The van der Waals surface area contributed by atoms with Crippen molar-refractivity contribution in [2.24, 2.45) is 0 Å². The van der Waals surface area contributed by atoms with Crippen LogP contribution in [0.5, 0.6) is 0 Å². The number of anilines is 5. The van der Waals surface area contributed by atoms with Crippen molar-refractivity contribution in [3.05, 3.63) is 210 Å². The van der Waals surface area contributed by atoms with Crippen molar-refractivity contribution >= 4 is 99.7 Å². The lowest BCUT2D eigenvalue weighted by atomic mass is 9.42. The molecule has 0 unspecified atom stereocenters. The lowest BCUT2D eigenvalue weighted by Crippen LogP contribution is -2.62. The van der Waals surface area contributed by atoms with Crippen LogP contribution in [0, 0.1) is 0 Å². The number of hydrogen-bond donors (Lipinski definition) is 0. The third-order valence-corrected chi connectivity index (χ3v) is 16.2. The molecule has 3 aliphatic heterocycles. The SMILES string of the molecule is CC(C)(C)c1ccc(N2B3c4cccc5c4N(c4ccccc4C54c5ccccc5-c5ccccc54)c4c3c(cc3c4sc4ccccc43)-c3c2ccc2c3oc3ccccc32)cc1. The van der Waals surface area contributed by atoms with Gasteiger partial charge in [0.15, 0.2) is 0 Å². The van der Waals surface area contributed by atoms with Crippen LogP contribution in [0.15, 0.2) is 186 Å². The molecular formula is C59H39BN2OS. The molecule has 0 amide bonds. The fourth-order valence-electron chi connectivity index (χ4n) is 12.4. The molecule has 0 N–H and O–H groups in total. The van der Waals surface area contributed by atoms with Crippen LogP contribution in [-0.4, -0.2) is 6.85 Å². The highest BCUT2D eigenvalue weighted by molar-refractivity contribution is 7.26. The van der Waals surface area contributed by atoms with Gasteiger partial charge in [-0.25, -0.2) is 0 Å². The normalized spacial score (nSPS) is 14.8. The van der Waals surface area contributed by atoms with E-state index in [0.717, 1.165) is 38.9 Å². The molecule has 0 radical (unpaired) electrons. The Morgan fingerprint density at radius 3 is 1.98 bits per heavy atom. The predicted molar refractivity (Wildman–Crippen MR) is 270 cm³/mol. The molecule has 15 rings (SSSR count). The summed E-state index contributed by atoms with van der Waals surface area (Å²) in [7, 11) is 0. The Bertz CT molecular complexity index is 3820. The number of benzene rings is 9. The van der Waals surface area contributed by atoms with Gasteiger partial charge in [-0.1, -0.05) is 154 Å². The zero-order chi connectivity index (χ0) is 42.2. The first kappa shape index (κ1) is 35.2. The zero-order valence-corrected chi connectivity index (χ0v) is 36.4. The average Bonchev–Trinajstić information content (AvgIpc) is 3.99. The Morgan fingerprint density at radius 2 is 1.20 bits per heavy atom. The first-order valence-corrected chi connectivity index (χ1v) is 23.3. The molecule has 1 aliphatic carbocycles. The molecule has 9 aromatic carbocycles. The second kappa shape index (κ2) is 12.0. The Labute approximate surface area is 375 Å². The van der Waals surface area contributed by atoms with Crippen molar-refractivity contribution in [3.63, 3.8) is 0 Å². The number of nitrogens with zero attached hydrogens (tertiary/aromatic N) is 2. The fourth-order valence-corrected chi connectivity index (χ4v) is 13.6. The quantitative estimate of drug-likeness (QED) is 0.154. The summed E-state index contributed by atoms with van der Waals surface area (Å²) in [6, 6.07) is 68.9. The molecule has 0 saturated carbocycles. The van der Waals surface area contributed by atoms with Crippen molar-refractivity contribution in [2.75, 3.05) is 9.71 Å². The Kier molecular flexibility index (Phi) is 6.60. The van der Waals surface area contributed by atoms with Crippen molar-refractivity contribution in [1.29, 1.82) is 0 Å². The fraction of sp³-hybridized carbons (Fsp3) is 0.0847. The van der Waals surface area contributed by atoms with Crippen LogP contribution in [0.25, 0.3) is 64.4 Å². The number of hydrogen-bond acceptors (Lipinski definition) is 4.